The van der Waals surface area contributed by atoms with Crippen LogP contribution in [0.3, 0.4) is 0 Å². The van der Waals surface area contributed by atoms with Crippen LogP contribution in [0, 0.1) is 13.8 Å². The summed E-state index contributed by atoms with van der Waals surface area (Å²) >= 11 is 6.26. The predicted octanol–water partition coefficient (Wildman–Crippen LogP) is 5.54. The smallest absolute Gasteiger partial charge is 0.264 e. The summed E-state index contributed by atoms with van der Waals surface area (Å²) in [5.41, 5.74) is 3.51. The summed E-state index contributed by atoms with van der Waals surface area (Å²) in [6, 6.07) is 29.0. The van der Waals surface area contributed by atoms with Gasteiger partial charge in [-0.1, -0.05) is 84.4 Å². The standard InChI is InChI=1S/C33H34ClN3O4S/c1-24-17-18-25(2)30(19-24)37(42(40,41)29-15-8-5-9-16-29)23-32(38)36(22-27-13-10-14-28(34)20-27)31(33(39)35-3)21-26-11-6-4-7-12-26/h4-20,31H,21-23H2,1-3H3,(H,35,39)/t31-/m1/s1. The number of sulfonamides is 1. The number of carbonyl (C=O) groups excluding carboxylic acids is 2. The van der Waals surface area contributed by atoms with Gasteiger partial charge in [0, 0.05) is 25.0 Å². The first-order valence-electron chi connectivity index (χ1n) is 13.5. The van der Waals surface area contributed by atoms with Crippen LogP contribution in [0.4, 0.5) is 5.69 Å². The third-order valence-electron chi connectivity index (χ3n) is 7.00. The summed E-state index contributed by atoms with van der Waals surface area (Å²) in [7, 11) is -2.63. The molecule has 0 fully saturated rings. The number of nitrogens with zero attached hydrogens (tertiary/aromatic N) is 2. The van der Waals surface area contributed by atoms with Gasteiger partial charge in [-0.25, -0.2) is 8.42 Å². The molecule has 7 nitrogen and oxygen atoms in total. The zero-order chi connectivity index (χ0) is 30.3. The molecule has 4 rings (SSSR count). The Kier molecular flexibility index (Phi) is 10.0. The van der Waals surface area contributed by atoms with Crippen molar-refractivity contribution in [3.05, 3.63) is 130 Å². The SMILES string of the molecule is CNC(=O)[C@@H](Cc1ccccc1)N(Cc1cccc(Cl)c1)C(=O)CN(c1cc(C)ccc1C)S(=O)(=O)c1ccccc1. The molecule has 0 spiro atoms. The highest BCUT2D eigenvalue weighted by Gasteiger charge is 2.34. The molecular formula is C33H34ClN3O4S. The second-order valence-electron chi connectivity index (χ2n) is 10.1. The van der Waals surface area contributed by atoms with Crippen molar-refractivity contribution in [2.45, 2.75) is 37.8 Å². The zero-order valence-corrected chi connectivity index (χ0v) is 25.4. The first-order chi connectivity index (χ1) is 20.1. The van der Waals surface area contributed by atoms with Gasteiger partial charge in [0.15, 0.2) is 0 Å². The number of nitrogens with one attached hydrogen (secondary N) is 1. The molecule has 0 bridgehead atoms. The maximum atomic E-state index is 14.3. The summed E-state index contributed by atoms with van der Waals surface area (Å²) < 4.78 is 29.3. The number of carbonyl (C=O) groups is 2. The Labute approximate surface area is 252 Å². The van der Waals surface area contributed by atoms with Crippen molar-refractivity contribution in [2.24, 2.45) is 0 Å². The van der Waals surface area contributed by atoms with Gasteiger partial charge in [0.2, 0.25) is 11.8 Å². The maximum Gasteiger partial charge on any atom is 0.264 e. The summed E-state index contributed by atoms with van der Waals surface area (Å²) in [5.74, 6) is -0.890. The van der Waals surface area contributed by atoms with Crippen LogP contribution in [0.15, 0.2) is 108 Å². The van der Waals surface area contributed by atoms with Crippen LogP contribution < -0.4 is 9.62 Å². The molecule has 4 aromatic rings. The average Bonchev–Trinajstić information content (AvgIpc) is 2.99. The number of hydrogen-bond acceptors (Lipinski definition) is 4. The highest BCUT2D eigenvalue weighted by molar-refractivity contribution is 7.92. The first-order valence-corrected chi connectivity index (χ1v) is 15.4. The molecule has 0 unspecified atom stereocenters. The van der Waals surface area contributed by atoms with Gasteiger partial charge in [0.1, 0.15) is 12.6 Å². The third-order valence-corrected chi connectivity index (χ3v) is 9.01. The number of rotatable bonds is 11. The highest BCUT2D eigenvalue weighted by atomic mass is 35.5. The van der Waals surface area contributed by atoms with E-state index in [0.29, 0.717) is 21.8 Å². The zero-order valence-electron chi connectivity index (χ0n) is 23.8. The molecular weight excluding hydrogens is 570 g/mol. The van der Waals surface area contributed by atoms with Gasteiger partial charge < -0.3 is 10.2 Å². The molecule has 0 saturated carbocycles. The number of amides is 2. The van der Waals surface area contributed by atoms with Gasteiger partial charge in [-0.05, 0) is 66.4 Å². The molecule has 0 aliphatic heterocycles. The molecule has 1 atom stereocenters. The summed E-state index contributed by atoms with van der Waals surface area (Å²) in [4.78, 5) is 29.2. The fourth-order valence-electron chi connectivity index (χ4n) is 4.77. The molecule has 9 heteroatoms. The van der Waals surface area contributed by atoms with Crippen LogP contribution in [-0.2, 0) is 32.6 Å². The number of aryl methyl sites for hydroxylation is 2. The van der Waals surface area contributed by atoms with Crippen LogP contribution in [0.1, 0.15) is 22.3 Å². The second-order valence-corrected chi connectivity index (χ2v) is 12.4. The van der Waals surface area contributed by atoms with Crippen LogP contribution in [0.25, 0.3) is 0 Å². The predicted molar refractivity (Wildman–Crippen MR) is 167 cm³/mol. The number of anilines is 1. The van der Waals surface area contributed by atoms with Crippen molar-refractivity contribution < 1.29 is 18.0 Å². The lowest BCUT2D eigenvalue weighted by Crippen LogP contribution is -2.53. The van der Waals surface area contributed by atoms with E-state index in [-0.39, 0.29) is 23.8 Å². The molecule has 4 aromatic carbocycles. The monoisotopic (exact) mass is 603 g/mol. The molecule has 2 amide bonds. The van der Waals surface area contributed by atoms with Gasteiger partial charge in [-0.15, -0.1) is 0 Å². The molecule has 0 saturated heterocycles. The molecule has 0 aliphatic rings. The quantitative estimate of drug-likeness (QED) is 0.244. The number of benzene rings is 4. The first kappa shape index (κ1) is 30.8. The lowest BCUT2D eigenvalue weighted by molar-refractivity contribution is -0.139. The van der Waals surface area contributed by atoms with E-state index >= 15 is 0 Å². The van der Waals surface area contributed by atoms with Gasteiger partial charge in [0.25, 0.3) is 10.0 Å². The summed E-state index contributed by atoms with van der Waals surface area (Å²) in [5, 5.41) is 3.17. The Morgan fingerprint density at radius 3 is 2.12 bits per heavy atom. The molecule has 0 aliphatic carbocycles. The molecule has 42 heavy (non-hydrogen) atoms. The summed E-state index contributed by atoms with van der Waals surface area (Å²) in [6.07, 6.45) is 0.238. The van der Waals surface area contributed by atoms with Gasteiger partial charge in [-0.2, -0.15) is 0 Å². The van der Waals surface area contributed by atoms with Gasteiger partial charge in [0.05, 0.1) is 10.6 Å². The average molecular weight is 604 g/mol. The topological polar surface area (TPSA) is 86.8 Å². The van der Waals surface area contributed by atoms with Crippen LogP contribution in [0.2, 0.25) is 5.02 Å². The molecule has 0 aromatic heterocycles. The van der Waals surface area contributed by atoms with Crippen LogP contribution in [-0.4, -0.2) is 44.8 Å². The van der Waals surface area contributed by atoms with E-state index in [1.807, 2.05) is 55.5 Å². The number of likely N-dealkylation sites (N-methyl/N-ethyl adjacent to an activating group) is 1. The molecule has 0 heterocycles. The minimum absolute atomic E-state index is 0.0519. The van der Waals surface area contributed by atoms with Crippen molar-refractivity contribution in [3.8, 4) is 0 Å². The van der Waals surface area contributed by atoms with E-state index in [9.17, 15) is 18.0 Å². The molecule has 218 valence electrons. The van der Waals surface area contributed by atoms with E-state index in [1.165, 1.54) is 24.1 Å². The molecule has 0 radical (unpaired) electrons. The van der Waals surface area contributed by atoms with Gasteiger partial charge in [-0.3, -0.25) is 13.9 Å². The van der Waals surface area contributed by atoms with E-state index in [4.69, 9.17) is 11.6 Å². The van der Waals surface area contributed by atoms with E-state index < -0.39 is 28.5 Å². The summed E-state index contributed by atoms with van der Waals surface area (Å²) in [6.45, 7) is 3.21. The van der Waals surface area contributed by atoms with Crippen molar-refractivity contribution >= 4 is 39.1 Å². The van der Waals surface area contributed by atoms with E-state index in [2.05, 4.69) is 5.32 Å². The lowest BCUT2D eigenvalue weighted by atomic mass is 10.0. The Hall–Kier alpha value is -4.14. The normalized spacial score (nSPS) is 11.9. The largest absolute Gasteiger partial charge is 0.357 e. The molecule has 1 N–H and O–H groups in total. The second kappa shape index (κ2) is 13.7. The van der Waals surface area contributed by atoms with Crippen molar-refractivity contribution in [1.29, 1.82) is 0 Å². The maximum absolute atomic E-state index is 14.3. The van der Waals surface area contributed by atoms with E-state index in [1.54, 1.807) is 49.4 Å². The fourth-order valence-corrected chi connectivity index (χ4v) is 6.48. The number of halogens is 1. The minimum atomic E-state index is -4.15. The Balaban J connectivity index is 1.81. The van der Waals surface area contributed by atoms with E-state index in [0.717, 1.165) is 15.4 Å². The highest BCUT2D eigenvalue weighted by Crippen LogP contribution is 2.29. The minimum Gasteiger partial charge on any atom is -0.357 e. The fraction of sp³-hybridized carbons (Fsp3) is 0.212. The Bertz CT molecular complexity index is 1650. The Morgan fingerprint density at radius 1 is 0.833 bits per heavy atom. The Morgan fingerprint density at radius 2 is 1.48 bits per heavy atom. The lowest BCUT2D eigenvalue weighted by Gasteiger charge is -2.34. The van der Waals surface area contributed by atoms with Crippen LogP contribution in [0.5, 0.6) is 0 Å². The van der Waals surface area contributed by atoms with Gasteiger partial charge >= 0.3 is 0 Å². The van der Waals surface area contributed by atoms with Crippen molar-refractivity contribution in [2.75, 3.05) is 17.9 Å². The third kappa shape index (κ3) is 7.38. The van der Waals surface area contributed by atoms with Crippen LogP contribution >= 0.6 is 11.6 Å². The number of hydrogen-bond donors (Lipinski definition) is 1. The van der Waals surface area contributed by atoms with Crippen molar-refractivity contribution in [3.63, 3.8) is 0 Å². The van der Waals surface area contributed by atoms with Crippen molar-refractivity contribution in [1.82, 2.24) is 10.2 Å².